The number of nitrogens with one attached hydrogen (secondary N) is 2. The Kier molecular flexibility index (Phi) is 6.58. The van der Waals surface area contributed by atoms with E-state index in [1.54, 1.807) is 24.3 Å². The Morgan fingerprint density at radius 1 is 1.09 bits per heavy atom. The SMILES string of the molecule is CC(=O)NC1(c2noc(CCC(=O)Nc3ccc(-c4nnco4)cc3)n2)CCCCCC1. The van der Waals surface area contributed by atoms with Gasteiger partial charge in [-0.2, -0.15) is 4.98 Å². The second-order valence-electron chi connectivity index (χ2n) is 8.06. The van der Waals surface area contributed by atoms with Crippen LogP contribution in [0.2, 0.25) is 0 Å². The van der Waals surface area contributed by atoms with E-state index in [0.29, 0.717) is 29.7 Å². The van der Waals surface area contributed by atoms with Crippen LogP contribution in [0, 0.1) is 0 Å². The van der Waals surface area contributed by atoms with Crippen molar-refractivity contribution in [3.8, 4) is 11.5 Å². The molecule has 10 heteroatoms. The Hall–Kier alpha value is -3.56. The number of nitrogens with zero attached hydrogens (tertiary/aromatic N) is 4. The lowest BCUT2D eigenvalue weighted by Gasteiger charge is -2.30. The molecule has 0 unspecified atom stereocenters. The number of rotatable bonds is 7. The molecular formula is C22H26N6O4. The standard InChI is InChI=1S/C22H26N6O4/c1-15(29)26-22(12-4-2-3-5-13-22)21-25-19(32-28-21)11-10-18(30)24-17-8-6-16(7-9-17)20-27-23-14-31-20/h6-9,14H,2-5,10-13H2,1H3,(H,24,30)(H,26,29). The summed E-state index contributed by atoms with van der Waals surface area (Å²) in [6, 6.07) is 7.13. The number of hydrogen-bond donors (Lipinski definition) is 2. The first-order valence-corrected chi connectivity index (χ1v) is 10.8. The number of carbonyl (C=O) groups excluding carboxylic acids is 2. The predicted molar refractivity (Wildman–Crippen MR) is 114 cm³/mol. The molecule has 168 valence electrons. The molecule has 0 bridgehead atoms. The predicted octanol–water partition coefficient (Wildman–Crippen LogP) is 3.38. The van der Waals surface area contributed by atoms with E-state index in [4.69, 9.17) is 8.94 Å². The summed E-state index contributed by atoms with van der Waals surface area (Å²) >= 11 is 0. The molecule has 0 radical (unpaired) electrons. The number of hydrogen-bond acceptors (Lipinski definition) is 8. The first-order chi connectivity index (χ1) is 15.5. The van der Waals surface area contributed by atoms with Crippen LogP contribution in [0.3, 0.4) is 0 Å². The first-order valence-electron chi connectivity index (χ1n) is 10.8. The number of amides is 2. The molecule has 10 nitrogen and oxygen atoms in total. The van der Waals surface area contributed by atoms with Crippen LogP contribution in [-0.4, -0.2) is 32.2 Å². The highest BCUT2D eigenvalue weighted by atomic mass is 16.5. The van der Waals surface area contributed by atoms with Crippen LogP contribution in [0.25, 0.3) is 11.5 Å². The van der Waals surface area contributed by atoms with Crippen molar-refractivity contribution >= 4 is 17.5 Å². The van der Waals surface area contributed by atoms with E-state index in [0.717, 1.165) is 44.1 Å². The minimum absolute atomic E-state index is 0.109. The molecule has 3 aromatic rings. The van der Waals surface area contributed by atoms with Crippen molar-refractivity contribution < 1.29 is 18.5 Å². The van der Waals surface area contributed by atoms with Crippen molar-refractivity contribution in [2.45, 2.75) is 63.8 Å². The van der Waals surface area contributed by atoms with Crippen LogP contribution < -0.4 is 10.6 Å². The van der Waals surface area contributed by atoms with E-state index in [2.05, 4.69) is 31.0 Å². The normalized spacial score (nSPS) is 15.7. The number of aromatic nitrogens is 4. The zero-order chi connectivity index (χ0) is 22.4. The molecule has 1 fully saturated rings. The number of anilines is 1. The Balaban J connectivity index is 1.35. The second-order valence-corrected chi connectivity index (χ2v) is 8.06. The Morgan fingerprint density at radius 3 is 2.50 bits per heavy atom. The lowest BCUT2D eigenvalue weighted by Crippen LogP contribution is -2.45. The van der Waals surface area contributed by atoms with Gasteiger partial charge >= 0.3 is 0 Å². The van der Waals surface area contributed by atoms with E-state index < -0.39 is 5.54 Å². The molecule has 1 saturated carbocycles. The number of carbonyl (C=O) groups is 2. The van der Waals surface area contributed by atoms with Crippen molar-refractivity contribution in [1.29, 1.82) is 0 Å². The van der Waals surface area contributed by atoms with Gasteiger partial charge in [0.15, 0.2) is 5.82 Å². The Morgan fingerprint density at radius 2 is 1.84 bits per heavy atom. The first kappa shape index (κ1) is 21.7. The molecule has 2 aromatic heterocycles. The smallest absolute Gasteiger partial charge is 0.247 e. The minimum atomic E-state index is -0.591. The molecule has 4 rings (SSSR count). The van der Waals surface area contributed by atoms with Gasteiger partial charge in [-0.15, -0.1) is 10.2 Å². The van der Waals surface area contributed by atoms with Gasteiger partial charge < -0.3 is 19.6 Å². The van der Waals surface area contributed by atoms with Crippen LogP contribution in [0.15, 0.2) is 39.6 Å². The highest BCUT2D eigenvalue weighted by Gasteiger charge is 2.38. The Labute approximate surface area is 185 Å². The monoisotopic (exact) mass is 438 g/mol. The molecule has 2 amide bonds. The summed E-state index contributed by atoms with van der Waals surface area (Å²) in [5.41, 5.74) is 0.838. The van der Waals surface area contributed by atoms with Crippen LogP contribution >= 0.6 is 0 Å². The van der Waals surface area contributed by atoms with Crippen molar-refractivity contribution in [3.63, 3.8) is 0 Å². The average molecular weight is 438 g/mol. The van der Waals surface area contributed by atoms with E-state index >= 15 is 0 Å². The molecule has 2 heterocycles. The molecule has 0 saturated heterocycles. The third-order valence-corrected chi connectivity index (χ3v) is 5.61. The van der Waals surface area contributed by atoms with Crippen LogP contribution in [-0.2, 0) is 21.5 Å². The summed E-state index contributed by atoms with van der Waals surface area (Å²) in [5, 5.41) is 17.6. The molecule has 2 N–H and O–H groups in total. The lowest BCUT2D eigenvalue weighted by atomic mass is 9.89. The highest BCUT2D eigenvalue weighted by Crippen LogP contribution is 2.34. The zero-order valence-electron chi connectivity index (χ0n) is 18.0. The van der Waals surface area contributed by atoms with E-state index in [1.165, 1.54) is 13.3 Å². The third-order valence-electron chi connectivity index (χ3n) is 5.61. The van der Waals surface area contributed by atoms with Gasteiger partial charge in [0.25, 0.3) is 0 Å². The molecule has 0 aliphatic heterocycles. The average Bonchev–Trinajstić information content (AvgIpc) is 3.43. The molecule has 0 atom stereocenters. The lowest BCUT2D eigenvalue weighted by molar-refractivity contribution is -0.121. The van der Waals surface area contributed by atoms with Crippen molar-refractivity contribution in [2.75, 3.05) is 5.32 Å². The molecule has 1 aromatic carbocycles. The molecule has 1 aliphatic carbocycles. The topological polar surface area (TPSA) is 136 Å². The van der Waals surface area contributed by atoms with E-state index in [1.807, 2.05) is 0 Å². The molecule has 32 heavy (non-hydrogen) atoms. The van der Waals surface area contributed by atoms with Crippen molar-refractivity contribution in [1.82, 2.24) is 25.7 Å². The molecule has 1 aliphatic rings. The van der Waals surface area contributed by atoms with Crippen molar-refractivity contribution in [3.05, 3.63) is 42.4 Å². The quantitative estimate of drug-likeness (QED) is 0.536. The second kappa shape index (κ2) is 9.71. The van der Waals surface area contributed by atoms with Crippen LogP contribution in [0.4, 0.5) is 5.69 Å². The van der Waals surface area contributed by atoms with Crippen LogP contribution in [0.5, 0.6) is 0 Å². The van der Waals surface area contributed by atoms with Gasteiger partial charge in [-0.1, -0.05) is 30.8 Å². The van der Waals surface area contributed by atoms with Gasteiger partial charge in [0.05, 0.1) is 0 Å². The number of benzene rings is 1. The zero-order valence-corrected chi connectivity index (χ0v) is 18.0. The maximum atomic E-state index is 12.4. The Bertz CT molecular complexity index is 1040. The maximum absolute atomic E-state index is 12.4. The fourth-order valence-corrected chi connectivity index (χ4v) is 4.06. The van der Waals surface area contributed by atoms with Gasteiger partial charge in [-0.05, 0) is 37.1 Å². The summed E-state index contributed by atoms with van der Waals surface area (Å²) in [6.07, 6.45) is 7.59. The largest absolute Gasteiger partial charge is 0.423 e. The van der Waals surface area contributed by atoms with Crippen molar-refractivity contribution in [2.24, 2.45) is 0 Å². The summed E-state index contributed by atoms with van der Waals surface area (Å²) in [7, 11) is 0. The van der Waals surface area contributed by atoms with Gasteiger partial charge in [-0.3, -0.25) is 9.59 Å². The fourth-order valence-electron chi connectivity index (χ4n) is 4.06. The van der Waals surface area contributed by atoms with Crippen LogP contribution in [0.1, 0.15) is 63.6 Å². The van der Waals surface area contributed by atoms with Gasteiger partial charge in [-0.25, -0.2) is 0 Å². The van der Waals surface area contributed by atoms with E-state index in [-0.39, 0.29) is 18.2 Å². The summed E-state index contributed by atoms with van der Waals surface area (Å²) in [5.74, 6) is 1.03. The summed E-state index contributed by atoms with van der Waals surface area (Å²) in [6.45, 7) is 1.51. The highest BCUT2D eigenvalue weighted by molar-refractivity contribution is 5.91. The van der Waals surface area contributed by atoms with Gasteiger partial charge in [0, 0.05) is 31.0 Å². The fraction of sp³-hybridized carbons (Fsp3) is 0.455. The molecular weight excluding hydrogens is 412 g/mol. The molecule has 0 spiro atoms. The minimum Gasteiger partial charge on any atom is -0.423 e. The summed E-state index contributed by atoms with van der Waals surface area (Å²) < 4.78 is 10.6. The third kappa shape index (κ3) is 5.19. The van der Waals surface area contributed by atoms with Gasteiger partial charge in [0.2, 0.25) is 30.0 Å². The maximum Gasteiger partial charge on any atom is 0.247 e. The van der Waals surface area contributed by atoms with E-state index in [9.17, 15) is 9.59 Å². The number of aryl methyl sites for hydroxylation is 1. The van der Waals surface area contributed by atoms with Gasteiger partial charge in [0.1, 0.15) is 5.54 Å². The summed E-state index contributed by atoms with van der Waals surface area (Å²) in [4.78, 5) is 28.7.